The molecule has 264 valence electrons. The summed E-state index contributed by atoms with van der Waals surface area (Å²) in [6, 6.07) is 7.68. The third kappa shape index (κ3) is 12.0. The number of carboxylic acids is 1. The average molecular weight is 666 g/mol. The van der Waals surface area contributed by atoms with Crippen molar-refractivity contribution >= 4 is 46.5 Å². The Morgan fingerprint density at radius 2 is 1.85 bits per heavy atom. The van der Waals surface area contributed by atoms with Crippen LogP contribution in [-0.2, 0) is 9.59 Å². The van der Waals surface area contributed by atoms with Crippen molar-refractivity contribution in [2.75, 3.05) is 63.5 Å². The summed E-state index contributed by atoms with van der Waals surface area (Å²) in [4.78, 5) is 41.8. The van der Waals surface area contributed by atoms with E-state index in [1.165, 1.54) is 32.1 Å². The molecule has 14 heteroatoms. The Labute approximate surface area is 284 Å². The van der Waals surface area contributed by atoms with E-state index in [1.807, 2.05) is 24.3 Å². The molecule has 1 aromatic heterocycles. The molecule has 1 amide bonds. The number of anilines is 2. The minimum atomic E-state index is -1.09. The molecule has 1 aromatic carbocycles. The van der Waals surface area contributed by atoms with Gasteiger partial charge in [0.25, 0.3) is 0 Å². The van der Waals surface area contributed by atoms with Crippen LogP contribution in [0.4, 0.5) is 11.8 Å². The van der Waals surface area contributed by atoms with Crippen LogP contribution in [0.15, 0.2) is 34.4 Å². The van der Waals surface area contributed by atoms with Crippen molar-refractivity contribution in [2.45, 2.75) is 88.8 Å². The van der Waals surface area contributed by atoms with E-state index < -0.39 is 12.0 Å². The quantitative estimate of drug-likeness (QED) is 0.0558. The smallest absolute Gasteiger partial charge is 0.320 e. The third-order valence-electron chi connectivity index (χ3n) is 9.32. The first kappa shape index (κ1) is 36.9. The first-order valence-electron chi connectivity index (χ1n) is 17.5. The van der Waals surface area contributed by atoms with Crippen molar-refractivity contribution < 1.29 is 14.7 Å². The number of hydrogen-bond donors (Lipinski definition) is 6. The maximum atomic E-state index is 12.6. The molecule has 2 fully saturated rings. The number of hydrogen-bond acceptors (Lipinski definition) is 12. The topological polar surface area (TPSA) is 199 Å². The number of fused-ring (bicyclic) bond motifs is 1. The molecule has 1 unspecified atom stereocenters. The van der Waals surface area contributed by atoms with Crippen molar-refractivity contribution in [3.8, 4) is 0 Å². The number of aliphatic carboxylic acids is 1. The molecule has 1 aliphatic heterocycles. The molecule has 1 saturated carbocycles. The zero-order valence-electron chi connectivity index (χ0n) is 28.4. The highest BCUT2D eigenvalue weighted by atomic mass is 16.4. The molecular formula is C34H55N11O3. The van der Waals surface area contributed by atoms with Gasteiger partial charge in [0, 0.05) is 49.7 Å². The van der Waals surface area contributed by atoms with Gasteiger partial charge in [-0.2, -0.15) is 10.1 Å². The fourth-order valence-electron chi connectivity index (χ4n) is 6.34. The van der Waals surface area contributed by atoms with Gasteiger partial charge in [-0.15, -0.1) is 0 Å². The number of rotatable bonds is 19. The number of likely N-dealkylation sites (tertiary alicyclic amines) is 1. The molecule has 2 aliphatic rings. The number of benzene rings is 1. The Morgan fingerprint density at radius 3 is 2.60 bits per heavy atom. The van der Waals surface area contributed by atoms with E-state index in [1.54, 1.807) is 11.1 Å². The zero-order valence-corrected chi connectivity index (χ0v) is 28.4. The standard InChI is InChI=1S/C34H55N11O3/c1-44(27-9-3-2-4-10-27)20-8-19-37-17-7-18-38-23-26(43-36)24-39-34-41-30-12-6-5-11-28(30)32(42-34)40-25-15-21-45(22-16-25)31(46)14-13-29(35)33(47)48/h5-6,11-12,23,25,27,29,37H,2-4,7-10,13-22,24,35-36H2,1H3,(H,47,48)(H2,39,40,41,42). The van der Waals surface area contributed by atoms with Gasteiger partial charge in [-0.1, -0.05) is 31.4 Å². The van der Waals surface area contributed by atoms with Crippen molar-refractivity contribution in [2.24, 2.45) is 21.7 Å². The Balaban J connectivity index is 1.18. The molecule has 1 saturated heterocycles. The van der Waals surface area contributed by atoms with Gasteiger partial charge in [-0.05, 0) is 83.8 Å². The van der Waals surface area contributed by atoms with Gasteiger partial charge in [0.2, 0.25) is 11.9 Å². The van der Waals surface area contributed by atoms with Gasteiger partial charge in [-0.25, -0.2) is 4.98 Å². The second kappa shape index (κ2) is 19.8. The van der Waals surface area contributed by atoms with Gasteiger partial charge in [0.15, 0.2) is 0 Å². The van der Waals surface area contributed by atoms with Crippen LogP contribution in [0, 0.1) is 0 Å². The predicted molar refractivity (Wildman–Crippen MR) is 193 cm³/mol. The summed E-state index contributed by atoms with van der Waals surface area (Å²) in [5.74, 6) is 5.67. The molecule has 1 atom stereocenters. The first-order chi connectivity index (χ1) is 23.3. The van der Waals surface area contributed by atoms with Gasteiger partial charge in [0.1, 0.15) is 11.9 Å². The average Bonchev–Trinajstić information content (AvgIpc) is 3.11. The number of amides is 1. The minimum Gasteiger partial charge on any atom is -0.480 e. The van der Waals surface area contributed by atoms with E-state index >= 15 is 0 Å². The maximum Gasteiger partial charge on any atom is 0.320 e. The summed E-state index contributed by atoms with van der Waals surface area (Å²) >= 11 is 0. The lowest BCUT2D eigenvalue weighted by Gasteiger charge is -2.33. The maximum absolute atomic E-state index is 12.6. The Morgan fingerprint density at radius 1 is 1.10 bits per heavy atom. The number of hydrazone groups is 1. The van der Waals surface area contributed by atoms with Crippen LogP contribution in [0.2, 0.25) is 0 Å². The van der Waals surface area contributed by atoms with Crippen molar-refractivity contribution in [1.29, 1.82) is 0 Å². The third-order valence-corrected chi connectivity index (χ3v) is 9.32. The second-order valence-corrected chi connectivity index (χ2v) is 12.9. The van der Waals surface area contributed by atoms with Gasteiger partial charge in [-0.3, -0.25) is 14.6 Å². The molecule has 2 heterocycles. The van der Waals surface area contributed by atoms with Crippen LogP contribution < -0.4 is 27.5 Å². The molecule has 2 aromatic rings. The fourth-order valence-corrected chi connectivity index (χ4v) is 6.34. The van der Waals surface area contributed by atoms with E-state index in [4.69, 9.17) is 21.7 Å². The van der Waals surface area contributed by atoms with Crippen molar-refractivity contribution in [3.05, 3.63) is 24.3 Å². The highest BCUT2D eigenvalue weighted by molar-refractivity contribution is 6.32. The monoisotopic (exact) mass is 665 g/mol. The Hall–Kier alpha value is -3.88. The predicted octanol–water partition coefficient (Wildman–Crippen LogP) is 2.66. The number of para-hydroxylation sites is 1. The summed E-state index contributed by atoms with van der Waals surface area (Å²) in [7, 11) is 2.27. The largest absolute Gasteiger partial charge is 0.480 e. The van der Waals surface area contributed by atoms with Crippen LogP contribution in [0.3, 0.4) is 0 Å². The number of carbonyl (C=O) groups is 2. The lowest BCUT2D eigenvalue weighted by Crippen LogP contribution is -2.43. The summed E-state index contributed by atoms with van der Waals surface area (Å²) in [5, 5.41) is 24.1. The lowest BCUT2D eigenvalue weighted by molar-refractivity contribution is -0.139. The number of nitrogens with zero attached hydrogens (tertiary/aromatic N) is 6. The van der Waals surface area contributed by atoms with Crippen LogP contribution in [-0.4, -0.2) is 120 Å². The SMILES string of the molecule is CN(CCCNCCCN=CC(CNc1nc(NC2CCN(C(=O)CCC(N)C(=O)O)CC2)c2ccccc2n1)=NN)C1CCCCC1. The van der Waals surface area contributed by atoms with Crippen LogP contribution in [0.25, 0.3) is 10.9 Å². The summed E-state index contributed by atoms with van der Waals surface area (Å²) < 4.78 is 0. The molecular weight excluding hydrogens is 610 g/mol. The molecule has 8 N–H and O–H groups in total. The zero-order chi connectivity index (χ0) is 34.1. The molecule has 0 radical (unpaired) electrons. The minimum absolute atomic E-state index is 0.0647. The second-order valence-electron chi connectivity index (χ2n) is 12.9. The first-order valence-corrected chi connectivity index (χ1v) is 17.5. The Bertz CT molecular complexity index is 1360. The van der Waals surface area contributed by atoms with Crippen molar-refractivity contribution in [1.82, 2.24) is 25.1 Å². The molecule has 48 heavy (non-hydrogen) atoms. The number of aliphatic imine (C=N–C) groups is 1. The highest BCUT2D eigenvalue weighted by Crippen LogP contribution is 2.25. The Kier molecular flexibility index (Phi) is 15.3. The number of nitrogens with two attached hydrogens (primary N) is 2. The number of aromatic nitrogens is 2. The summed E-state index contributed by atoms with van der Waals surface area (Å²) in [6.07, 6.45) is 12.4. The number of piperidine rings is 1. The van der Waals surface area contributed by atoms with Gasteiger partial charge < -0.3 is 42.4 Å². The number of carboxylic acid groups (broad SMARTS) is 1. The van der Waals surface area contributed by atoms with Crippen LogP contribution in [0.5, 0.6) is 0 Å². The fraction of sp³-hybridized carbons (Fsp3) is 0.647. The molecule has 0 spiro atoms. The highest BCUT2D eigenvalue weighted by Gasteiger charge is 2.25. The van der Waals surface area contributed by atoms with E-state index in [2.05, 4.69) is 43.0 Å². The van der Waals surface area contributed by atoms with Crippen LogP contribution in [0.1, 0.15) is 70.6 Å². The normalized spacial score (nSPS) is 17.3. The van der Waals surface area contributed by atoms with Crippen LogP contribution >= 0.6 is 0 Å². The summed E-state index contributed by atoms with van der Waals surface area (Å²) in [5.41, 5.74) is 6.96. The van der Waals surface area contributed by atoms with E-state index in [0.717, 1.165) is 62.3 Å². The van der Waals surface area contributed by atoms with Crippen molar-refractivity contribution in [3.63, 3.8) is 0 Å². The lowest BCUT2D eigenvalue weighted by atomic mass is 9.94. The number of carbonyl (C=O) groups excluding carboxylic acids is 1. The van der Waals surface area contributed by atoms with E-state index in [9.17, 15) is 9.59 Å². The molecule has 4 rings (SSSR count). The molecule has 14 nitrogen and oxygen atoms in total. The van der Waals surface area contributed by atoms with Gasteiger partial charge in [0.05, 0.1) is 17.8 Å². The number of nitrogens with one attached hydrogen (secondary N) is 3. The van der Waals surface area contributed by atoms with E-state index in [0.29, 0.717) is 43.7 Å². The van der Waals surface area contributed by atoms with E-state index in [-0.39, 0.29) is 24.8 Å². The summed E-state index contributed by atoms with van der Waals surface area (Å²) in [6.45, 7) is 5.27. The molecule has 0 bridgehead atoms. The molecule has 1 aliphatic carbocycles. The van der Waals surface area contributed by atoms with Gasteiger partial charge >= 0.3 is 5.97 Å².